The Balaban J connectivity index is 1.50. The summed E-state index contributed by atoms with van der Waals surface area (Å²) in [4.78, 5) is 28.5. The Labute approximate surface area is 229 Å². The van der Waals surface area contributed by atoms with Gasteiger partial charge in [-0.05, 0) is 53.6 Å². The van der Waals surface area contributed by atoms with Gasteiger partial charge in [0.2, 0.25) is 19.3 Å². The van der Waals surface area contributed by atoms with Gasteiger partial charge in [-0.25, -0.2) is 0 Å². The van der Waals surface area contributed by atoms with Crippen LogP contribution >= 0.6 is 0 Å². The average molecular weight is 548 g/mol. The van der Waals surface area contributed by atoms with E-state index in [1.54, 1.807) is 42.5 Å². The van der Waals surface area contributed by atoms with Crippen LogP contribution in [0, 0.1) is 0 Å². The van der Waals surface area contributed by atoms with Crippen molar-refractivity contribution in [2.75, 3.05) is 34.9 Å². The van der Waals surface area contributed by atoms with Gasteiger partial charge in [0.15, 0.2) is 34.5 Å². The van der Waals surface area contributed by atoms with Gasteiger partial charge in [0, 0.05) is 12.1 Å². The van der Waals surface area contributed by atoms with Crippen LogP contribution in [-0.4, -0.2) is 56.6 Å². The molecule has 0 aliphatic carbocycles. The second-order valence-corrected chi connectivity index (χ2v) is 9.14. The van der Waals surface area contributed by atoms with Crippen LogP contribution in [0.15, 0.2) is 54.1 Å². The number of amides is 1. The third-order valence-electron chi connectivity index (χ3n) is 6.98. The van der Waals surface area contributed by atoms with E-state index in [0.717, 1.165) is 0 Å². The van der Waals surface area contributed by atoms with Crippen molar-refractivity contribution in [2.24, 2.45) is 0 Å². The van der Waals surface area contributed by atoms with Gasteiger partial charge in [-0.2, -0.15) is 0 Å². The molecule has 0 unspecified atom stereocenters. The number of hydrogen-bond donors (Lipinski definition) is 1. The lowest BCUT2D eigenvalue weighted by Gasteiger charge is -2.26. The molecule has 1 fully saturated rings. The van der Waals surface area contributed by atoms with E-state index in [0.29, 0.717) is 51.4 Å². The summed E-state index contributed by atoms with van der Waals surface area (Å²) in [6, 6.07) is 12.4. The number of ether oxygens (including phenoxy) is 7. The first kappa shape index (κ1) is 25.2. The molecule has 3 heterocycles. The summed E-state index contributed by atoms with van der Waals surface area (Å²) in [5.74, 6) is 1.13. The highest BCUT2D eigenvalue weighted by molar-refractivity contribution is 6.46. The standard InChI is InChI=1S/C29H25NO10/c1-34-18-7-5-16(9-20(18)35-2)26(31)24-25(17-10-22(36-3)28-23(11-17)39-14-40-28)30(29(33)27(24)32)12-15-4-6-19-21(8-15)38-13-37-19/h4-11,25,31H,12-14H2,1-3H3/t25-/m0/s1. The van der Waals surface area contributed by atoms with E-state index in [-0.39, 0.29) is 37.0 Å². The largest absolute Gasteiger partial charge is 0.507 e. The second-order valence-electron chi connectivity index (χ2n) is 9.14. The van der Waals surface area contributed by atoms with Crippen LogP contribution in [0.1, 0.15) is 22.7 Å². The second kappa shape index (κ2) is 9.92. The van der Waals surface area contributed by atoms with Crippen LogP contribution in [0.3, 0.4) is 0 Å². The van der Waals surface area contributed by atoms with E-state index in [1.807, 2.05) is 0 Å². The van der Waals surface area contributed by atoms with Gasteiger partial charge in [0.25, 0.3) is 11.7 Å². The zero-order chi connectivity index (χ0) is 28.0. The van der Waals surface area contributed by atoms with Crippen LogP contribution in [0.2, 0.25) is 0 Å². The molecule has 0 saturated carbocycles. The zero-order valence-electron chi connectivity index (χ0n) is 21.9. The first-order chi connectivity index (χ1) is 19.4. The Morgan fingerprint density at radius 1 is 0.825 bits per heavy atom. The number of fused-ring (bicyclic) bond motifs is 2. The average Bonchev–Trinajstić information content (AvgIpc) is 3.71. The number of methoxy groups -OCH3 is 3. The monoisotopic (exact) mass is 547 g/mol. The number of rotatable bonds is 7. The van der Waals surface area contributed by atoms with E-state index in [1.165, 1.54) is 32.3 Å². The third kappa shape index (κ3) is 4.06. The molecular formula is C29H25NO10. The Hall–Kier alpha value is -5.06. The molecule has 206 valence electrons. The highest BCUT2D eigenvalue weighted by Crippen LogP contribution is 2.48. The molecule has 0 radical (unpaired) electrons. The summed E-state index contributed by atoms with van der Waals surface area (Å²) in [6.45, 7) is 0.148. The number of likely N-dealkylation sites (tertiary alicyclic amines) is 1. The minimum absolute atomic E-state index is 0.00181. The van der Waals surface area contributed by atoms with Crippen LogP contribution in [0.4, 0.5) is 0 Å². The van der Waals surface area contributed by atoms with Crippen LogP contribution < -0.4 is 33.2 Å². The van der Waals surface area contributed by atoms with Gasteiger partial charge < -0.3 is 43.2 Å². The fourth-order valence-electron chi connectivity index (χ4n) is 5.07. The molecule has 0 spiro atoms. The SMILES string of the molecule is COc1ccc(C(O)=C2C(=O)C(=O)N(Cc3ccc4c(c3)OCO4)[C@H]2c2cc(OC)c3c(c2)OCO3)cc1OC. The van der Waals surface area contributed by atoms with E-state index in [9.17, 15) is 14.7 Å². The number of carbonyl (C=O) groups is 2. The fraction of sp³-hybridized carbons (Fsp3) is 0.241. The molecule has 6 rings (SSSR count). The van der Waals surface area contributed by atoms with Crippen LogP contribution in [0.5, 0.6) is 40.2 Å². The number of benzene rings is 3. The maximum atomic E-state index is 13.6. The van der Waals surface area contributed by atoms with Gasteiger partial charge in [0.1, 0.15) is 5.76 Å². The topological polar surface area (TPSA) is 122 Å². The maximum absolute atomic E-state index is 13.6. The lowest BCUT2D eigenvalue weighted by atomic mass is 9.94. The van der Waals surface area contributed by atoms with Crippen molar-refractivity contribution >= 4 is 17.4 Å². The molecule has 0 bridgehead atoms. The van der Waals surface area contributed by atoms with Crippen molar-refractivity contribution in [1.29, 1.82) is 0 Å². The minimum atomic E-state index is -0.984. The minimum Gasteiger partial charge on any atom is -0.507 e. The predicted octanol–water partition coefficient (Wildman–Crippen LogP) is 3.79. The van der Waals surface area contributed by atoms with Gasteiger partial charge in [-0.3, -0.25) is 9.59 Å². The summed E-state index contributed by atoms with van der Waals surface area (Å²) in [6.07, 6.45) is 0. The summed E-state index contributed by atoms with van der Waals surface area (Å²) >= 11 is 0. The molecular weight excluding hydrogens is 522 g/mol. The zero-order valence-corrected chi connectivity index (χ0v) is 21.9. The number of Topliss-reactive ketones (excluding diaryl/α,β-unsaturated/α-hetero) is 1. The van der Waals surface area contributed by atoms with Crippen molar-refractivity contribution in [1.82, 2.24) is 4.90 Å². The smallest absolute Gasteiger partial charge is 0.295 e. The lowest BCUT2D eigenvalue weighted by molar-refractivity contribution is -0.140. The first-order valence-corrected chi connectivity index (χ1v) is 12.3. The molecule has 0 aromatic heterocycles. The predicted molar refractivity (Wildman–Crippen MR) is 139 cm³/mol. The van der Waals surface area contributed by atoms with Crippen LogP contribution in [0.25, 0.3) is 5.76 Å². The first-order valence-electron chi connectivity index (χ1n) is 12.3. The molecule has 40 heavy (non-hydrogen) atoms. The number of ketones is 1. The fourth-order valence-corrected chi connectivity index (χ4v) is 5.07. The molecule has 1 atom stereocenters. The van der Waals surface area contributed by atoms with Gasteiger partial charge in [-0.1, -0.05) is 6.07 Å². The van der Waals surface area contributed by atoms with Crippen molar-refractivity contribution in [3.05, 3.63) is 70.8 Å². The number of nitrogens with zero attached hydrogens (tertiary/aromatic N) is 1. The van der Waals surface area contributed by atoms with Gasteiger partial charge in [-0.15, -0.1) is 0 Å². The Bertz CT molecular complexity index is 1560. The Morgan fingerprint density at radius 3 is 2.33 bits per heavy atom. The number of aliphatic hydroxyl groups excluding tert-OH is 1. The van der Waals surface area contributed by atoms with Crippen molar-refractivity contribution in [3.8, 4) is 40.2 Å². The molecule has 3 aromatic carbocycles. The van der Waals surface area contributed by atoms with E-state index >= 15 is 0 Å². The Kier molecular flexibility index (Phi) is 6.25. The molecule has 1 N–H and O–H groups in total. The highest BCUT2D eigenvalue weighted by atomic mass is 16.7. The molecule has 11 nitrogen and oxygen atoms in total. The summed E-state index contributed by atoms with van der Waals surface area (Å²) in [5.41, 5.74) is 1.37. The lowest BCUT2D eigenvalue weighted by Crippen LogP contribution is -2.29. The van der Waals surface area contributed by atoms with E-state index < -0.39 is 17.7 Å². The highest BCUT2D eigenvalue weighted by Gasteiger charge is 2.47. The molecule has 3 aliphatic heterocycles. The van der Waals surface area contributed by atoms with Gasteiger partial charge >= 0.3 is 0 Å². The molecule has 1 amide bonds. The summed E-state index contributed by atoms with van der Waals surface area (Å²) < 4.78 is 38.2. The van der Waals surface area contributed by atoms with Crippen molar-refractivity contribution in [3.63, 3.8) is 0 Å². The van der Waals surface area contributed by atoms with E-state index in [2.05, 4.69) is 0 Å². The van der Waals surface area contributed by atoms with Crippen molar-refractivity contribution < 1.29 is 47.9 Å². The maximum Gasteiger partial charge on any atom is 0.295 e. The number of carbonyl (C=O) groups excluding carboxylic acids is 2. The number of hydrogen-bond acceptors (Lipinski definition) is 10. The molecule has 3 aliphatic rings. The quantitative estimate of drug-likeness (QED) is 0.266. The molecule has 1 saturated heterocycles. The van der Waals surface area contributed by atoms with Crippen LogP contribution in [-0.2, 0) is 16.1 Å². The summed E-state index contributed by atoms with van der Waals surface area (Å²) in [7, 11) is 4.44. The molecule has 3 aromatic rings. The Morgan fingerprint density at radius 2 is 1.55 bits per heavy atom. The normalized spacial score (nSPS) is 18.3. The van der Waals surface area contributed by atoms with Gasteiger partial charge in [0.05, 0.1) is 32.9 Å². The van der Waals surface area contributed by atoms with E-state index in [4.69, 9.17) is 33.2 Å². The number of aliphatic hydroxyl groups is 1. The molecule has 11 heteroatoms. The third-order valence-corrected chi connectivity index (χ3v) is 6.98. The summed E-state index contributed by atoms with van der Waals surface area (Å²) in [5, 5.41) is 11.5. The van der Waals surface area contributed by atoms with Crippen molar-refractivity contribution in [2.45, 2.75) is 12.6 Å².